The fourth-order valence-electron chi connectivity index (χ4n) is 4.12. The van der Waals surface area contributed by atoms with Crippen molar-refractivity contribution in [1.29, 1.82) is 0 Å². The molecular formula is C27H24N4O. The van der Waals surface area contributed by atoms with Crippen LogP contribution in [0.3, 0.4) is 0 Å². The smallest absolute Gasteiger partial charge is 0.225 e. The first-order chi connectivity index (χ1) is 15.7. The predicted octanol–water partition coefficient (Wildman–Crippen LogP) is 6.05. The second-order valence-electron chi connectivity index (χ2n) is 7.98. The number of carbonyl (C=O) groups excluding carboxylic acids is 1. The quantitative estimate of drug-likeness (QED) is 0.351. The number of aryl methyl sites for hydroxylation is 2. The lowest BCUT2D eigenvalue weighted by atomic mass is 10.0. The molecule has 0 aliphatic rings. The van der Waals surface area contributed by atoms with E-state index in [1.165, 1.54) is 10.9 Å². The van der Waals surface area contributed by atoms with Gasteiger partial charge < -0.3 is 10.3 Å². The van der Waals surface area contributed by atoms with E-state index in [-0.39, 0.29) is 5.91 Å². The number of H-pyrrole nitrogens is 1. The molecule has 158 valence electrons. The molecule has 5 nitrogen and oxygen atoms in total. The number of aromatic amines is 1. The zero-order valence-electron chi connectivity index (χ0n) is 17.9. The molecule has 0 fully saturated rings. The number of fused-ring (bicyclic) bond motifs is 2. The Labute approximate surface area is 186 Å². The lowest BCUT2D eigenvalue weighted by Gasteiger charge is -2.08. The van der Waals surface area contributed by atoms with Crippen LogP contribution >= 0.6 is 0 Å². The van der Waals surface area contributed by atoms with Crippen molar-refractivity contribution in [2.75, 3.05) is 5.32 Å². The van der Waals surface area contributed by atoms with Crippen molar-refractivity contribution < 1.29 is 4.79 Å². The third kappa shape index (κ3) is 3.97. The van der Waals surface area contributed by atoms with Crippen molar-refractivity contribution in [2.45, 2.75) is 26.2 Å². The van der Waals surface area contributed by atoms with E-state index in [0.29, 0.717) is 12.2 Å². The SMILES string of the molecule is Cc1cccnc1NC(=O)CCCc1c(-c2ccc3ccccc3n2)[nH]c2ccccc12. The van der Waals surface area contributed by atoms with Crippen LogP contribution in [0.2, 0.25) is 0 Å². The zero-order valence-corrected chi connectivity index (χ0v) is 17.9. The molecule has 0 aliphatic carbocycles. The summed E-state index contributed by atoms with van der Waals surface area (Å²) in [7, 11) is 0. The van der Waals surface area contributed by atoms with Gasteiger partial charge in [0.1, 0.15) is 5.82 Å². The molecule has 0 saturated heterocycles. The van der Waals surface area contributed by atoms with Gasteiger partial charge in [-0.1, -0.05) is 48.5 Å². The highest BCUT2D eigenvalue weighted by Crippen LogP contribution is 2.31. The molecule has 5 rings (SSSR count). The number of amides is 1. The van der Waals surface area contributed by atoms with E-state index in [1.807, 2.05) is 49.4 Å². The number of rotatable bonds is 6. The Morgan fingerprint density at radius 3 is 2.72 bits per heavy atom. The van der Waals surface area contributed by atoms with E-state index in [1.54, 1.807) is 6.20 Å². The van der Waals surface area contributed by atoms with Gasteiger partial charge >= 0.3 is 0 Å². The maximum absolute atomic E-state index is 12.5. The van der Waals surface area contributed by atoms with Crippen molar-refractivity contribution in [3.63, 3.8) is 0 Å². The molecule has 3 aromatic heterocycles. The van der Waals surface area contributed by atoms with Crippen molar-refractivity contribution in [1.82, 2.24) is 15.0 Å². The predicted molar refractivity (Wildman–Crippen MR) is 130 cm³/mol. The first kappa shape index (κ1) is 19.9. The summed E-state index contributed by atoms with van der Waals surface area (Å²) >= 11 is 0. The summed E-state index contributed by atoms with van der Waals surface area (Å²) in [6.45, 7) is 1.94. The largest absolute Gasteiger partial charge is 0.353 e. The highest BCUT2D eigenvalue weighted by molar-refractivity contribution is 5.92. The maximum atomic E-state index is 12.5. The van der Waals surface area contributed by atoms with Gasteiger partial charge in [0.15, 0.2) is 0 Å². The van der Waals surface area contributed by atoms with Crippen LogP contribution in [0, 0.1) is 6.92 Å². The van der Waals surface area contributed by atoms with Crippen molar-refractivity contribution in [3.05, 3.63) is 90.1 Å². The van der Waals surface area contributed by atoms with Gasteiger partial charge in [0, 0.05) is 28.9 Å². The fraction of sp³-hybridized carbons (Fsp3) is 0.148. The molecule has 5 aromatic rings. The van der Waals surface area contributed by atoms with E-state index in [4.69, 9.17) is 4.98 Å². The Morgan fingerprint density at radius 2 is 1.81 bits per heavy atom. The molecule has 0 bridgehead atoms. The van der Waals surface area contributed by atoms with Crippen LogP contribution in [-0.4, -0.2) is 20.9 Å². The fourth-order valence-corrected chi connectivity index (χ4v) is 4.12. The molecule has 32 heavy (non-hydrogen) atoms. The third-order valence-electron chi connectivity index (χ3n) is 5.77. The van der Waals surface area contributed by atoms with Crippen LogP contribution in [0.4, 0.5) is 5.82 Å². The Hall–Kier alpha value is -3.99. The van der Waals surface area contributed by atoms with E-state index >= 15 is 0 Å². The number of anilines is 1. The maximum Gasteiger partial charge on any atom is 0.225 e. The molecule has 0 saturated carbocycles. The number of nitrogens with one attached hydrogen (secondary N) is 2. The third-order valence-corrected chi connectivity index (χ3v) is 5.77. The first-order valence-corrected chi connectivity index (χ1v) is 10.9. The summed E-state index contributed by atoms with van der Waals surface area (Å²) in [4.78, 5) is 25.2. The standard InChI is InChI=1S/C27H24N4O/c1-18-8-7-17-28-27(18)31-25(32)14-6-11-21-20-10-3-5-13-23(20)30-26(21)24-16-15-19-9-2-4-12-22(19)29-24/h2-5,7-10,12-13,15-17,30H,6,11,14H2,1H3,(H,28,31,32). The number of carbonyl (C=O) groups is 1. The van der Waals surface area contributed by atoms with Gasteiger partial charge in [0.25, 0.3) is 0 Å². The van der Waals surface area contributed by atoms with E-state index in [9.17, 15) is 4.79 Å². The second-order valence-corrected chi connectivity index (χ2v) is 7.98. The first-order valence-electron chi connectivity index (χ1n) is 10.9. The Kier molecular flexibility index (Phi) is 5.38. The van der Waals surface area contributed by atoms with Crippen molar-refractivity contribution in [2.24, 2.45) is 0 Å². The van der Waals surface area contributed by atoms with Gasteiger partial charge in [-0.25, -0.2) is 9.97 Å². The van der Waals surface area contributed by atoms with Crippen LogP contribution in [-0.2, 0) is 11.2 Å². The number of para-hydroxylation sites is 2. The highest BCUT2D eigenvalue weighted by atomic mass is 16.1. The number of pyridine rings is 2. The summed E-state index contributed by atoms with van der Waals surface area (Å²) in [5.41, 5.74) is 6.16. The topological polar surface area (TPSA) is 70.7 Å². The number of hydrogen-bond donors (Lipinski definition) is 2. The van der Waals surface area contributed by atoms with Crippen LogP contribution in [0.5, 0.6) is 0 Å². The summed E-state index contributed by atoms with van der Waals surface area (Å²) < 4.78 is 0. The van der Waals surface area contributed by atoms with E-state index < -0.39 is 0 Å². The van der Waals surface area contributed by atoms with E-state index in [2.05, 4.69) is 45.6 Å². The average Bonchev–Trinajstić information content (AvgIpc) is 3.19. The molecular weight excluding hydrogens is 396 g/mol. The number of aromatic nitrogens is 3. The molecule has 2 aromatic carbocycles. The number of benzene rings is 2. The molecule has 2 N–H and O–H groups in total. The average molecular weight is 421 g/mol. The Morgan fingerprint density at radius 1 is 0.969 bits per heavy atom. The molecule has 0 radical (unpaired) electrons. The van der Waals surface area contributed by atoms with Crippen LogP contribution in [0.1, 0.15) is 24.0 Å². The minimum atomic E-state index is -0.0166. The van der Waals surface area contributed by atoms with Crippen LogP contribution < -0.4 is 5.32 Å². The summed E-state index contributed by atoms with van der Waals surface area (Å²) in [6.07, 6.45) is 3.64. The minimum absolute atomic E-state index is 0.0166. The summed E-state index contributed by atoms with van der Waals surface area (Å²) in [5, 5.41) is 5.22. The Bertz CT molecular complexity index is 1420. The molecule has 0 atom stereocenters. The van der Waals surface area contributed by atoms with Gasteiger partial charge in [-0.05, 0) is 55.2 Å². The minimum Gasteiger partial charge on any atom is -0.353 e. The zero-order chi connectivity index (χ0) is 21.9. The number of nitrogens with zero attached hydrogens (tertiary/aromatic N) is 2. The lowest BCUT2D eigenvalue weighted by molar-refractivity contribution is -0.116. The summed E-state index contributed by atoms with van der Waals surface area (Å²) in [6, 6.07) is 24.4. The molecule has 5 heteroatoms. The molecule has 0 unspecified atom stereocenters. The van der Waals surface area contributed by atoms with Crippen LogP contribution in [0.25, 0.3) is 33.2 Å². The van der Waals surface area contributed by atoms with Crippen molar-refractivity contribution in [3.8, 4) is 11.4 Å². The summed E-state index contributed by atoms with van der Waals surface area (Å²) in [5.74, 6) is 0.614. The lowest BCUT2D eigenvalue weighted by Crippen LogP contribution is -2.13. The van der Waals surface area contributed by atoms with Gasteiger partial charge in [0.2, 0.25) is 5.91 Å². The molecule has 1 amide bonds. The van der Waals surface area contributed by atoms with Crippen molar-refractivity contribution >= 4 is 33.5 Å². The monoisotopic (exact) mass is 420 g/mol. The second kappa shape index (κ2) is 8.63. The van der Waals surface area contributed by atoms with Crippen LogP contribution in [0.15, 0.2) is 79.0 Å². The van der Waals surface area contributed by atoms with Gasteiger partial charge in [-0.3, -0.25) is 4.79 Å². The molecule has 0 spiro atoms. The normalized spacial score (nSPS) is 11.2. The molecule has 0 aliphatic heterocycles. The van der Waals surface area contributed by atoms with Gasteiger partial charge in [-0.2, -0.15) is 0 Å². The molecule has 3 heterocycles. The van der Waals surface area contributed by atoms with E-state index in [0.717, 1.165) is 46.2 Å². The highest BCUT2D eigenvalue weighted by Gasteiger charge is 2.15. The van der Waals surface area contributed by atoms with Gasteiger partial charge in [0.05, 0.1) is 16.9 Å². The van der Waals surface area contributed by atoms with Gasteiger partial charge in [-0.15, -0.1) is 0 Å². The number of hydrogen-bond acceptors (Lipinski definition) is 3. The Balaban J connectivity index is 1.39.